The molecule has 0 aliphatic carbocycles. The van der Waals surface area contributed by atoms with Crippen molar-refractivity contribution in [2.24, 2.45) is 0 Å². The number of fused-ring (bicyclic) bond motifs is 1. The monoisotopic (exact) mass is 272 g/mol. The fourth-order valence-electron chi connectivity index (χ4n) is 2.07. The lowest BCUT2D eigenvalue weighted by atomic mass is 10.2. The first-order chi connectivity index (χ1) is 9.06. The molecule has 0 atom stereocenters. The summed E-state index contributed by atoms with van der Waals surface area (Å²) in [5.74, 6) is 0. The van der Waals surface area contributed by atoms with Gasteiger partial charge in [0.1, 0.15) is 5.00 Å². The van der Waals surface area contributed by atoms with E-state index < -0.39 is 5.69 Å². The summed E-state index contributed by atoms with van der Waals surface area (Å²) in [7, 11) is 0. The molecule has 0 aliphatic rings. The second kappa shape index (κ2) is 4.20. The number of thiophene rings is 1. The molecule has 5 heteroatoms. The number of aromatic amines is 1. The van der Waals surface area contributed by atoms with E-state index in [1.165, 1.54) is 15.9 Å². The van der Waals surface area contributed by atoms with E-state index in [9.17, 15) is 9.59 Å². The summed E-state index contributed by atoms with van der Waals surface area (Å²) in [6, 6.07) is 9.11. The van der Waals surface area contributed by atoms with Crippen LogP contribution in [0.5, 0.6) is 0 Å². The Bertz CT molecular complexity index is 886. The van der Waals surface area contributed by atoms with Crippen LogP contribution in [0.15, 0.2) is 39.9 Å². The van der Waals surface area contributed by atoms with Crippen molar-refractivity contribution in [3.05, 3.63) is 61.6 Å². The average Bonchev–Trinajstić information content (AvgIpc) is 2.75. The lowest BCUT2D eigenvalue weighted by molar-refractivity contribution is 0.917. The van der Waals surface area contributed by atoms with Crippen molar-refractivity contribution < 1.29 is 0 Å². The average molecular weight is 272 g/mol. The standard InChI is InChI=1S/C14H12N2O2S/c1-8-3-5-10-11(7-8)15-14(18)16(13(10)17)12-6-4-9(2)19-12/h3-7H,1-2H3,(H,15,18). The summed E-state index contributed by atoms with van der Waals surface area (Å²) < 4.78 is 1.19. The second-order valence-corrected chi connectivity index (χ2v) is 5.77. The van der Waals surface area contributed by atoms with E-state index in [0.717, 1.165) is 10.4 Å². The maximum Gasteiger partial charge on any atom is 0.334 e. The van der Waals surface area contributed by atoms with Crippen molar-refractivity contribution in [3.63, 3.8) is 0 Å². The van der Waals surface area contributed by atoms with Crippen LogP contribution in [-0.4, -0.2) is 9.55 Å². The maximum atomic E-state index is 12.4. The number of nitrogens with zero attached hydrogens (tertiary/aromatic N) is 1. The van der Waals surface area contributed by atoms with Crippen LogP contribution in [0.3, 0.4) is 0 Å². The van der Waals surface area contributed by atoms with Gasteiger partial charge in [-0.25, -0.2) is 9.36 Å². The first-order valence-electron chi connectivity index (χ1n) is 5.89. The summed E-state index contributed by atoms with van der Waals surface area (Å²) in [5, 5.41) is 1.17. The van der Waals surface area contributed by atoms with Gasteiger partial charge in [-0.2, -0.15) is 0 Å². The SMILES string of the molecule is Cc1ccc2c(=O)n(-c3ccc(C)s3)c(=O)[nH]c2c1. The summed E-state index contributed by atoms with van der Waals surface area (Å²) >= 11 is 1.42. The van der Waals surface area contributed by atoms with Gasteiger partial charge in [-0.15, -0.1) is 11.3 Å². The molecular formula is C14H12N2O2S. The van der Waals surface area contributed by atoms with Crippen LogP contribution in [0, 0.1) is 13.8 Å². The fraction of sp³-hybridized carbons (Fsp3) is 0.143. The number of hydrogen-bond donors (Lipinski definition) is 1. The molecule has 1 N–H and O–H groups in total. The number of benzene rings is 1. The van der Waals surface area contributed by atoms with Crippen LogP contribution in [0.2, 0.25) is 0 Å². The third kappa shape index (κ3) is 1.92. The lowest BCUT2D eigenvalue weighted by Gasteiger charge is -2.04. The van der Waals surface area contributed by atoms with Crippen LogP contribution >= 0.6 is 11.3 Å². The van der Waals surface area contributed by atoms with E-state index in [4.69, 9.17) is 0 Å². The number of aromatic nitrogens is 2. The molecule has 0 radical (unpaired) electrons. The molecule has 0 saturated carbocycles. The van der Waals surface area contributed by atoms with Crippen LogP contribution in [-0.2, 0) is 0 Å². The van der Waals surface area contributed by atoms with E-state index in [2.05, 4.69) is 4.98 Å². The zero-order valence-electron chi connectivity index (χ0n) is 10.6. The Morgan fingerprint density at radius 3 is 2.58 bits per heavy atom. The van der Waals surface area contributed by atoms with E-state index in [0.29, 0.717) is 15.9 Å². The number of nitrogens with one attached hydrogen (secondary N) is 1. The van der Waals surface area contributed by atoms with Gasteiger partial charge >= 0.3 is 5.69 Å². The molecule has 3 aromatic rings. The molecule has 0 saturated heterocycles. The number of rotatable bonds is 1. The van der Waals surface area contributed by atoms with E-state index in [1.54, 1.807) is 12.1 Å². The summed E-state index contributed by atoms with van der Waals surface area (Å²) in [4.78, 5) is 28.3. The first-order valence-corrected chi connectivity index (χ1v) is 6.70. The molecule has 2 heterocycles. The van der Waals surface area contributed by atoms with Crippen molar-refractivity contribution >= 4 is 22.2 Å². The molecule has 1 aromatic carbocycles. The molecule has 19 heavy (non-hydrogen) atoms. The van der Waals surface area contributed by atoms with Gasteiger partial charge in [-0.05, 0) is 43.7 Å². The molecular weight excluding hydrogens is 260 g/mol. The Morgan fingerprint density at radius 1 is 1.11 bits per heavy atom. The highest BCUT2D eigenvalue weighted by molar-refractivity contribution is 7.14. The topological polar surface area (TPSA) is 54.9 Å². The predicted octanol–water partition coefficient (Wildman–Crippen LogP) is 2.36. The number of aryl methyl sites for hydroxylation is 2. The molecule has 4 nitrogen and oxygen atoms in total. The van der Waals surface area contributed by atoms with Crippen molar-refractivity contribution in [1.29, 1.82) is 0 Å². The normalized spacial score (nSPS) is 11.1. The molecule has 0 unspecified atom stereocenters. The maximum absolute atomic E-state index is 12.4. The molecule has 96 valence electrons. The highest BCUT2D eigenvalue weighted by Gasteiger charge is 2.10. The minimum Gasteiger partial charge on any atom is -0.306 e. The molecule has 3 rings (SSSR count). The number of H-pyrrole nitrogens is 1. The molecule has 0 bridgehead atoms. The lowest BCUT2D eigenvalue weighted by Crippen LogP contribution is -2.32. The van der Waals surface area contributed by atoms with E-state index in [1.807, 2.05) is 32.0 Å². The highest BCUT2D eigenvalue weighted by Crippen LogP contribution is 2.17. The van der Waals surface area contributed by atoms with Crippen LogP contribution in [0.1, 0.15) is 10.4 Å². The highest BCUT2D eigenvalue weighted by atomic mass is 32.1. The van der Waals surface area contributed by atoms with Crippen molar-refractivity contribution in [3.8, 4) is 5.00 Å². The Morgan fingerprint density at radius 2 is 1.89 bits per heavy atom. The van der Waals surface area contributed by atoms with Gasteiger partial charge in [0, 0.05) is 4.88 Å². The predicted molar refractivity (Wildman–Crippen MR) is 77.5 cm³/mol. The van der Waals surface area contributed by atoms with Crippen LogP contribution < -0.4 is 11.2 Å². The molecule has 0 aliphatic heterocycles. The van der Waals surface area contributed by atoms with Gasteiger partial charge in [0.15, 0.2) is 0 Å². The molecule has 0 amide bonds. The number of hydrogen-bond acceptors (Lipinski definition) is 3. The minimum absolute atomic E-state index is 0.277. The summed E-state index contributed by atoms with van der Waals surface area (Å²) in [5.41, 5.74) is 0.914. The zero-order chi connectivity index (χ0) is 13.6. The van der Waals surface area contributed by atoms with Crippen molar-refractivity contribution in [1.82, 2.24) is 9.55 Å². The largest absolute Gasteiger partial charge is 0.334 e. The van der Waals surface area contributed by atoms with Crippen LogP contribution in [0.4, 0.5) is 0 Å². The fourth-order valence-corrected chi connectivity index (χ4v) is 2.93. The quantitative estimate of drug-likeness (QED) is 0.739. The minimum atomic E-state index is -0.398. The Balaban J connectivity index is 2.41. The third-order valence-electron chi connectivity index (χ3n) is 3.00. The Hall–Kier alpha value is -2.14. The Labute approximate surface area is 113 Å². The van der Waals surface area contributed by atoms with Gasteiger partial charge in [-0.3, -0.25) is 4.79 Å². The second-order valence-electron chi connectivity index (χ2n) is 4.50. The van der Waals surface area contributed by atoms with Gasteiger partial charge in [0.2, 0.25) is 0 Å². The smallest absolute Gasteiger partial charge is 0.306 e. The Kier molecular flexibility index (Phi) is 2.64. The van der Waals surface area contributed by atoms with Crippen LogP contribution in [0.25, 0.3) is 15.9 Å². The zero-order valence-corrected chi connectivity index (χ0v) is 11.4. The first kappa shape index (κ1) is 11.9. The van der Waals surface area contributed by atoms with Crippen molar-refractivity contribution in [2.45, 2.75) is 13.8 Å². The summed E-state index contributed by atoms with van der Waals surface area (Å²) in [6.45, 7) is 3.86. The van der Waals surface area contributed by atoms with E-state index >= 15 is 0 Å². The molecule has 0 fully saturated rings. The van der Waals surface area contributed by atoms with Gasteiger partial charge in [0.05, 0.1) is 10.9 Å². The van der Waals surface area contributed by atoms with Crippen molar-refractivity contribution in [2.75, 3.05) is 0 Å². The van der Waals surface area contributed by atoms with Gasteiger partial charge in [0.25, 0.3) is 5.56 Å². The van der Waals surface area contributed by atoms with Gasteiger partial charge in [-0.1, -0.05) is 6.07 Å². The molecule has 2 aromatic heterocycles. The molecule has 0 spiro atoms. The van der Waals surface area contributed by atoms with E-state index in [-0.39, 0.29) is 5.56 Å². The third-order valence-corrected chi connectivity index (χ3v) is 3.99. The van der Waals surface area contributed by atoms with Gasteiger partial charge < -0.3 is 4.98 Å². The summed E-state index contributed by atoms with van der Waals surface area (Å²) in [6.07, 6.45) is 0.